The minimum Gasteiger partial charge on any atom is -0.372 e. The van der Waals surface area contributed by atoms with Crippen LogP contribution in [-0.2, 0) is 16.1 Å². The maximum absolute atomic E-state index is 12.4. The topological polar surface area (TPSA) is 86.7 Å². The summed E-state index contributed by atoms with van der Waals surface area (Å²) in [5, 5.41) is 12.4. The molecular weight excluding hydrogens is 272 g/mol. The van der Waals surface area contributed by atoms with Gasteiger partial charge in [0.1, 0.15) is 0 Å². The standard InChI is InChI=1S/C15H18N2O4/c1-2-3-9-15(21)12(18)16-14(20)17(13(15)19)10-11-7-5-4-6-8-11/h4-8,21H,2-3,9-10H2,1H3,(H,16,18,20). The van der Waals surface area contributed by atoms with Gasteiger partial charge in [0.05, 0.1) is 6.54 Å². The van der Waals surface area contributed by atoms with Crippen molar-refractivity contribution >= 4 is 17.8 Å². The number of hydrogen-bond donors (Lipinski definition) is 2. The number of nitrogens with one attached hydrogen (secondary N) is 1. The van der Waals surface area contributed by atoms with Crippen LogP contribution in [0.1, 0.15) is 31.7 Å². The summed E-state index contributed by atoms with van der Waals surface area (Å²) in [7, 11) is 0. The fourth-order valence-corrected chi connectivity index (χ4v) is 2.24. The Bertz CT molecular complexity index is 558. The van der Waals surface area contributed by atoms with Crippen molar-refractivity contribution in [2.24, 2.45) is 0 Å². The van der Waals surface area contributed by atoms with Crippen LogP contribution in [0.25, 0.3) is 0 Å². The van der Waals surface area contributed by atoms with Crippen LogP contribution < -0.4 is 5.32 Å². The lowest BCUT2D eigenvalue weighted by Gasteiger charge is -2.35. The van der Waals surface area contributed by atoms with Crippen molar-refractivity contribution in [2.75, 3.05) is 0 Å². The highest BCUT2D eigenvalue weighted by Crippen LogP contribution is 2.23. The highest BCUT2D eigenvalue weighted by molar-refractivity contribution is 6.21. The molecule has 1 aliphatic heterocycles. The first kappa shape index (κ1) is 15.2. The quantitative estimate of drug-likeness (QED) is 0.797. The number of carbonyl (C=O) groups is 3. The van der Waals surface area contributed by atoms with E-state index in [-0.39, 0.29) is 13.0 Å². The van der Waals surface area contributed by atoms with E-state index < -0.39 is 23.4 Å². The van der Waals surface area contributed by atoms with Crippen molar-refractivity contribution in [3.05, 3.63) is 35.9 Å². The predicted octanol–water partition coefficient (Wildman–Crippen LogP) is 1.19. The summed E-state index contributed by atoms with van der Waals surface area (Å²) < 4.78 is 0. The molecule has 0 aliphatic carbocycles. The molecule has 112 valence electrons. The van der Waals surface area contributed by atoms with Gasteiger partial charge < -0.3 is 5.11 Å². The molecule has 2 rings (SSSR count). The van der Waals surface area contributed by atoms with E-state index in [9.17, 15) is 19.5 Å². The Kier molecular flexibility index (Phi) is 4.37. The van der Waals surface area contributed by atoms with Gasteiger partial charge in [0, 0.05) is 0 Å². The Morgan fingerprint density at radius 1 is 1.19 bits per heavy atom. The highest BCUT2D eigenvalue weighted by atomic mass is 16.3. The molecule has 0 radical (unpaired) electrons. The van der Waals surface area contributed by atoms with Gasteiger partial charge in [-0.1, -0.05) is 43.7 Å². The van der Waals surface area contributed by atoms with Crippen LogP contribution in [-0.4, -0.2) is 33.5 Å². The fourth-order valence-electron chi connectivity index (χ4n) is 2.24. The number of barbiturate groups is 1. The van der Waals surface area contributed by atoms with E-state index in [1.54, 1.807) is 24.3 Å². The summed E-state index contributed by atoms with van der Waals surface area (Å²) in [5.74, 6) is -1.79. The molecule has 1 atom stereocenters. The number of aliphatic hydroxyl groups is 1. The summed E-state index contributed by atoms with van der Waals surface area (Å²) in [6.45, 7) is 1.91. The van der Waals surface area contributed by atoms with E-state index in [0.717, 1.165) is 16.9 Å². The molecule has 1 aliphatic rings. The molecule has 1 aromatic rings. The van der Waals surface area contributed by atoms with Gasteiger partial charge in [-0.2, -0.15) is 0 Å². The highest BCUT2D eigenvalue weighted by Gasteiger charge is 2.52. The van der Waals surface area contributed by atoms with E-state index in [4.69, 9.17) is 0 Å². The van der Waals surface area contributed by atoms with E-state index >= 15 is 0 Å². The smallest absolute Gasteiger partial charge is 0.331 e. The normalized spacial score (nSPS) is 22.4. The van der Waals surface area contributed by atoms with Crippen molar-refractivity contribution in [3.63, 3.8) is 0 Å². The maximum atomic E-state index is 12.4. The third-order valence-corrected chi connectivity index (χ3v) is 3.52. The zero-order chi connectivity index (χ0) is 15.5. The molecule has 4 amide bonds. The molecule has 0 saturated carbocycles. The van der Waals surface area contributed by atoms with Gasteiger partial charge >= 0.3 is 6.03 Å². The monoisotopic (exact) mass is 290 g/mol. The summed E-state index contributed by atoms with van der Waals surface area (Å²) in [5.41, 5.74) is -1.41. The van der Waals surface area contributed by atoms with E-state index in [2.05, 4.69) is 5.32 Å². The lowest BCUT2D eigenvalue weighted by molar-refractivity contribution is -0.163. The summed E-state index contributed by atoms with van der Waals surface area (Å²) in [4.78, 5) is 36.9. The van der Waals surface area contributed by atoms with Crippen LogP contribution in [0.15, 0.2) is 30.3 Å². The Labute approximate surface area is 122 Å². The predicted molar refractivity (Wildman–Crippen MR) is 75.0 cm³/mol. The number of amides is 4. The third-order valence-electron chi connectivity index (χ3n) is 3.52. The van der Waals surface area contributed by atoms with Crippen molar-refractivity contribution in [1.29, 1.82) is 0 Å². The van der Waals surface area contributed by atoms with Crippen LogP contribution in [0.2, 0.25) is 0 Å². The summed E-state index contributed by atoms with van der Waals surface area (Å²) in [6, 6.07) is 8.13. The molecule has 1 aromatic carbocycles. The first-order valence-corrected chi connectivity index (χ1v) is 6.92. The van der Waals surface area contributed by atoms with E-state index in [0.29, 0.717) is 6.42 Å². The molecule has 2 N–H and O–H groups in total. The van der Waals surface area contributed by atoms with Crippen molar-refractivity contribution in [1.82, 2.24) is 10.2 Å². The van der Waals surface area contributed by atoms with Crippen molar-refractivity contribution in [3.8, 4) is 0 Å². The number of hydrogen-bond acceptors (Lipinski definition) is 4. The van der Waals surface area contributed by atoms with Crippen LogP contribution in [0.5, 0.6) is 0 Å². The average Bonchev–Trinajstić information content (AvgIpc) is 2.49. The van der Waals surface area contributed by atoms with E-state index in [1.807, 2.05) is 13.0 Å². The maximum Gasteiger partial charge on any atom is 0.331 e. The second-order valence-corrected chi connectivity index (χ2v) is 5.10. The summed E-state index contributed by atoms with van der Waals surface area (Å²) in [6.07, 6.45) is 1.26. The van der Waals surface area contributed by atoms with Gasteiger partial charge in [-0.25, -0.2) is 4.79 Å². The Balaban J connectivity index is 2.23. The number of carbonyl (C=O) groups excluding carboxylic acids is 3. The van der Waals surface area contributed by atoms with Crippen LogP contribution in [0.4, 0.5) is 4.79 Å². The first-order chi connectivity index (χ1) is 9.99. The van der Waals surface area contributed by atoms with Gasteiger partial charge in [-0.05, 0) is 18.4 Å². The van der Waals surface area contributed by atoms with Gasteiger partial charge in [0.2, 0.25) is 5.60 Å². The number of urea groups is 1. The molecule has 6 heteroatoms. The average molecular weight is 290 g/mol. The third kappa shape index (κ3) is 2.95. The van der Waals surface area contributed by atoms with Gasteiger partial charge in [0.15, 0.2) is 0 Å². The molecule has 1 fully saturated rings. The Hall–Kier alpha value is -2.21. The first-order valence-electron chi connectivity index (χ1n) is 6.92. The zero-order valence-electron chi connectivity index (χ0n) is 11.8. The number of nitrogens with zero attached hydrogens (tertiary/aromatic N) is 1. The molecule has 0 spiro atoms. The molecule has 6 nitrogen and oxygen atoms in total. The molecule has 1 heterocycles. The number of rotatable bonds is 5. The number of benzene rings is 1. The van der Waals surface area contributed by atoms with Crippen LogP contribution in [0, 0.1) is 0 Å². The number of unbranched alkanes of at least 4 members (excludes halogenated alkanes) is 1. The minimum absolute atomic E-state index is 0.00668. The lowest BCUT2D eigenvalue weighted by Crippen LogP contribution is -2.67. The Morgan fingerprint density at radius 3 is 2.48 bits per heavy atom. The minimum atomic E-state index is -2.15. The van der Waals surface area contributed by atoms with Gasteiger partial charge in [-0.3, -0.25) is 19.8 Å². The van der Waals surface area contributed by atoms with Crippen molar-refractivity contribution in [2.45, 2.75) is 38.3 Å². The summed E-state index contributed by atoms with van der Waals surface area (Å²) >= 11 is 0. The SMILES string of the molecule is CCCCC1(O)C(=O)NC(=O)N(Cc2ccccc2)C1=O. The molecule has 1 saturated heterocycles. The van der Waals surface area contributed by atoms with Gasteiger partial charge in [0.25, 0.3) is 11.8 Å². The largest absolute Gasteiger partial charge is 0.372 e. The Morgan fingerprint density at radius 2 is 1.86 bits per heavy atom. The van der Waals surface area contributed by atoms with Crippen LogP contribution >= 0.6 is 0 Å². The van der Waals surface area contributed by atoms with Crippen LogP contribution in [0.3, 0.4) is 0 Å². The van der Waals surface area contributed by atoms with Gasteiger partial charge in [-0.15, -0.1) is 0 Å². The van der Waals surface area contributed by atoms with Crippen molar-refractivity contribution < 1.29 is 19.5 Å². The number of imide groups is 2. The molecular formula is C15H18N2O4. The molecule has 1 unspecified atom stereocenters. The fraction of sp³-hybridized carbons (Fsp3) is 0.400. The van der Waals surface area contributed by atoms with E-state index in [1.165, 1.54) is 0 Å². The molecule has 0 bridgehead atoms. The zero-order valence-corrected chi connectivity index (χ0v) is 11.8. The second kappa shape index (κ2) is 6.05. The molecule has 21 heavy (non-hydrogen) atoms. The lowest BCUT2D eigenvalue weighted by atomic mass is 9.92. The second-order valence-electron chi connectivity index (χ2n) is 5.10. The molecule has 0 aromatic heterocycles.